The predicted octanol–water partition coefficient (Wildman–Crippen LogP) is 5.58. The maximum absolute atomic E-state index is 12.9. The van der Waals surface area contributed by atoms with Gasteiger partial charge in [0.2, 0.25) is 0 Å². The van der Waals surface area contributed by atoms with Crippen molar-refractivity contribution in [1.82, 2.24) is 10.6 Å². The molecular weight excluding hydrogens is 372 g/mol. The monoisotopic (exact) mass is 412 g/mol. The number of hydrogen-bond donors (Lipinski definition) is 2. The number of carbonyl (C=O) groups excluding carboxylic acids is 2. The molecule has 1 aromatic rings. The molecule has 0 aliphatic heterocycles. The maximum atomic E-state index is 12.9. The molecule has 0 bridgehead atoms. The Hall–Kier alpha value is -1.84. The molecule has 2 N–H and O–H groups in total. The number of amides is 2. The zero-order chi connectivity index (χ0) is 22.1. The summed E-state index contributed by atoms with van der Waals surface area (Å²) in [7, 11) is 0. The zero-order valence-corrected chi connectivity index (χ0v) is 19.7. The average molecular weight is 413 g/mol. The molecule has 30 heavy (non-hydrogen) atoms. The molecule has 1 aromatic carbocycles. The van der Waals surface area contributed by atoms with Crippen LogP contribution in [0.25, 0.3) is 0 Å². The van der Waals surface area contributed by atoms with Gasteiger partial charge in [0, 0.05) is 23.2 Å². The van der Waals surface area contributed by atoms with Gasteiger partial charge in [0.15, 0.2) is 0 Å². The third kappa shape index (κ3) is 6.09. The van der Waals surface area contributed by atoms with E-state index in [-0.39, 0.29) is 34.7 Å². The summed E-state index contributed by atoms with van der Waals surface area (Å²) in [5, 5.41) is 6.43. The average Bonchev–Trinajstić information content (AvgIpc) is 2.58. The Labute approximate surface area is 182 Å². The van der Waals surface area contributed by atoms with Crippen LogP contribution < -0.4 is 10.6 Å². The number of benzene rings is 1. The summed E-state index contributed by atoms with van der Waals surface area (Å²) in [4.78, 5) is 25.8. The first-order chi connectivity index (χ1) is 13.9. The van der Waals surface area contributed by atoms with Gasteiger partial charge in [0.05, 0.1) is 0 Å². The van der Waals surface area contributed by atoms with Gasteiger partial charge in [-0.2, -0.15) is 0 Å². The largest absolute Gasteiger partial charge is 0.349 e. The number of carbonyl (C=O) groups is 2. The van der Waals surface area contributed by atoms with Gasteiger partial charge >= 0.3 is 0 Å². The fourth-order valence-corrected chi connectivity index (χ4v) is 6.25. The summed E-state index contributed by atoms with van der Waals surface area (Å²) < 4.78 is 0. The first kappa shape index (κ1) is 22.8. The van der Waals surface area contributed by atoms with Crippen LogP contribution >= 0.6 is 0 Å². The topological polar surface area (TPSA) is 58.2 Å². The Morgan fingerprint density at radius 1 is 0.767 bits per heavy atom. The van der Waals surface area contributed by atoms with E-state index in [2.05, 4.69) is 52.2 Å². The Bertz CT molecular complexity index is 722. The van der Waals surface area contributed by atoms with Crippen molar-refractivity contribution in [2.24, 2.45) is 22.7 Å². The van der Waals surface area contributed by atoms with E-state index in [1.165, 1.54) is 12.8 Å². The van der Waals surface area contributed by atoms with E-state index in [1.54, 1.807) is 18.2 Å². The fourth-order valence-electron chi connectivity index (χ4n) is 6.25. The molecule has 2 aliphatic rings. The van der Waals surface area contributed by atoms with Gasteiger partial charge < -0.3 is 10.6 Å². The van der Waals surface area contributed by atoms with E-state index in [0.29, 0.717) is 23.0 Å². The van der Waals surface area contributed by atoms with Crippen LogP contribution in [0.5, 0.6) is 0 Å². The van der Waals surface area contributed by atoms with E-state index in [0.717, 1.165) is 25.7 Å². The smallest absolute Gasteiger partial charge is 0.251 e. The lowest BCUT2D eigenvalue weighted by atomic mass is 9.70. The molecule has 4 nitrogen and oxygen atoms in total. The first-order valence-corrected chi connectivity index (χ1v) is 11.6. The number of nitrogens with one attached hydrogen (secondary N) is 2. The van der Waals surface area contributed by atoms with Crippen LogP contribution in [0.3, 0.4) is 0 Å². The summed E-state index contributed by atoms with van der Waals surface area (Å²) in [5.41, 5.74) is 1.64. The maximum Gasteiger partial charge on any atom is 0.251 e. The Morgan fingerprint density at radius 3 is 1.53 bits per heavy atom. The van der Waals surface area contributed by atoms with Crippen LogP contribution in [0.1, 0.15) is 101 Å². The molecule has 0 radical (unpaired) electrons. The molecule has 3 rings (SSSR count). The molecule has 2 saturated carbocycles. The second kappa shape index (κ2) is 8.72. The van der Waals surface area contributed by atoms with Crippen molar-refractivity contribution < 1.29 is 9.59 Å². The number of hydrogen-bond acceptors (Lipinski definition) is 2. The molecule has 0 aromatic heterocycles. The summed E-state index contributed by atoms with van der Waals surface area (Å²) in [5.74, 6) is 1.07. The molecule has 0 spiro atoms. The van der Waals surface area contributed by atoms with E-state index in [9.17, 15) is 9.59 Å². The third-order valence-electron chi connectivity index (χ3n) is 6.83. The zero-order valence-electron chi connectivity index (χ0n) is 19.7. The van der Waals surface area contributed by atoms with E-state index in [4.69, 9.17) is 0 Å². The molecule has 166 valence electrons. The van der Waals surface area contributed by atoms with Crippen molar-refractivity contribution in [3.63, 3.8) is 0 Å². The van der Waals surface area contributed by atoms with Crippen LogP contribution in [-0.2, 0) is 0 Å². The SMILES string of the molecule is C[C@@H]1C[C@@H](NC(=O)c2cccc(C(=O)N[C@@H]3C[C@H](C)CC(C)(C)C3)c2)CC(C)(C)C1. The molecule has 2 fully saturated rings. The summed E-state index contributed by atoms with van der Waals surface area (Å²) >= 11 is 0. The summed E-state index contributed by atoms with van der Waals surface area (Å²) in [6.07, 6.45) is 6.44. The van der Waals surface area contributed by atoms with Gasteiger partial charge in [-0.05, 0) is 79.4 Å². The van der Waals surface area contributed by atoms with Gasteiger partial charge in [-0.25, -0.2) is 0 Å². The Balaban J connectivity index is 1.64. The van der Waals surface area contributed by atoms with Gasteiger partial charge in [0.25, 0.3) is 11.8 Å². The Morgan fingerprint density at radius 2 is 1.17 bits per heavy atom. The highest BCUT2D eigenvalue weighted by molar-refractivity contribution is 5.99. The molecule has 0 unspecified atom stereocenters. The third-order valence-corrected chi connectivity index (χ3v) is 6.83. The quantitative estimate of drug-likeness (QED) is 0.678. The molecule has 4 atom stereocenters. The molecule has 2 amide bonds. The lowest BCUT2D eigenvalue weighted by Gasteiger charge is -2.39. The summed E-state index contributed by atoms with van der Waals surface area (Å²) in [6.45, 7) is 13.6. The van der Waals surface area contributed by atoms with Crippen molar-refractivity contribution in [2.75, 3.05) is 0 Å². The van der Waals surface area contributed by atoms with Crippen LogP contribution in [0.2, 0.25) is 0 Å². The van der Waals surface area contributed by atoms with E-state index in [1.807, 2.05) is 6.07 Å². The second-order valence-corrected chi connectivity index (χ2v) is 11.7. The second-order valence-electron chi connectivity index (χ2n) is 11.7. The molecular formula is C26H40N2O2. The van der Waals surface area contributed by atoms with E-state index >= 15 is 0 Å². The fraction of sp³-hybridized carbons (Fsp3) is 0.692. The Kier molecular flexibility index (Phi) is 6.64. The molecule has 0 saturated heterocycles. The predicted molar refractivity (Wildman–Crippen MR) is 123 cm³/mol. The highest BCUT2D eigenvalue weighted by Gasteiger charge is 2.34. The van der Waals surface area contributed by atoms with Crippen molar-refractivity contribution in [1.29, 1.82) is 0 Å². The standard InChI is InChI=1S/C26H40N2O2/c1-17-10-21(15-25(3,4)13-17)27-23(29)19-8-7-9-20(12-19)24(30)28-22-11-18(2)14-26(5,6)16-22/h7-9,12,17-18,21-22H,10-11,13-16H2,1-6H3,(H,27,29)(H,28,30)/t17-,18+,21-,22-/m1/s1. The van der Waals surface area contributed by atoms with Crippen molar-refractivity contribution in [3.8, 4) is 0 Å². The summed E-state index contributed by atoms with van der Waals surface area (Å²) in [6, 6.07) is 7.54. The lowest BCUT2D eigenvalue weighted by Crippen LogP contribution is -2.43. The lowest BCUT2D eigenvalue weighted by molar-refractivity contribution is 0.0871. The van der Waals surface area contributed by atoms with Crippen LogP contribution in [-0.4, -0.2) is 23.9 Å². The van der Waals surface area contributed by atoms with E-state index < -0.39 is 0 Å². The minimum Gasteiger partial charge on any atom is -0.349 e. The molecule has 4 heteroatoms. The van der Waals surface area contributed by atoms with Gasteiger partial charge in [-0.1, -0.05) is 47.6 Å². The van der Waals surface area contributed by atoms with Crippen LogP contribution in [0.4, 0.5) is 0 Å². The normalized spacial score (nSPS) is 30.3. The van der Waals surface area contributed by atoms with Gasteiger partial charge in [0.1, 0.15) is 0 Å². The van der Waals surface area contributed by atoms with Crippen molar-refractivity contribution in [3.05, 3.63) is 35.4 Å². The number of rotatable bonds is 4. The van der Waals surface area contributed by atoms with Gasteiger partial charge in [-0.3, -0.25) is 9.59 Å². The molecule has 2 aliphatic carbocycles. The minimum absolute atomic E-state index is 0.0769. The van der Waals surface area contributed by atoms with Crippen LogP contribution in [0.15, 0.2) is 24.3 Å². The highest BCUT2D eigenvalue weighted by atomic mass is 16.2. The highest BCUT2D eigenvalue weighted by Crippen LogP contribution is 2.39. The van der Waals surface area contributed by atoms with Gasteiger partial charge in [-0.15, -0.1) is 0 Å². The first-order valence-electron chi connectivity index (χ1n) is 11.6. The van der Waals surface area contributed by atoms with Crippen LogP contribution in [0, 0.1) is 22.7 Å². The van der Waals surface area contributed by atoms with Crippen molar-refractivity contribution in [2.45, 2.75) is 92.2 Å². The molecule has 0 heterocycles. The van der Waals surface area contributed by atoms with Crippen molar-refractivity contribution >= 4 is 11.8 Å². The minimum atomic E-state index is -0.0769.